The van der Waals surface area contributed by atoms with Gasteiger partial charge in [-0.05, 0) is 30.2 Å². The first-order chi connectivity index (χ1) is 12.6. The van der Waals surface area contributed by atoms with E-state index < -0.39 is 10.0 Å². The van der Waals surface area contributed by atoms with Crippen molar-refractivity contribution < 1.29 is 13.2 Å². The number of fused-ring (bicyclic) bond motifs is 1. The largest absolute Gasteiger partial charge is 0.456 e. The van der Waals surface area contributed by atoms with Crippen LogP contribution in [0.5, 0.6) is 0 Å². The van der Waals surface area contributed by atoms with E-state index in [2.05, 4.69) is 10.5 Å². The maximum absolute atomic E-state index is 12.7. The first kappa shape index (κ1) is 16.8. The lowest BCUT2D eigenvalue weighted by Crippen LogP contribution is -2.46. The van der Waals surface area contributed by atoms with Crippen LogP contribution in [-0.2, 0) is 21.3 Å². The molecule has 1 aliphatic carbocycles. The number of hydrogen-bond acceptors (Lipinski definition) is 3. The summed E-state index contributed by atoms with van der Waals surface area (Å²) in [6, 6.07) is 18.3. The molecule has 1 heterocycles. The SMILES string of the molecule is O=S(=O)(/N=C1\O[C@H]2C=CC[C@H]2CN1Cc1ccccc1)c1ccccc1. The molecule has 5 nitrogen and oxygen atoms in total. The second-order valence-electron chi connectivity index (χ2n) is 6.53. The minimum absolute atomic E-state index is 0.105. The molecule has 0 bridgehead atoms. The van der Waals surface area contributed by atoms with Crippen LogP contribution in [0.4, 0.5) is 0 Å². The summed E-state index contributed by atoms with van der Waals surface area (Å²) in [5.74, 6) is 0.331. The molecule has 0 aromatic heterocycles. The molecule has 0 N–H and O–H groups in total. The third-order valence-electron chi connectivity index (χ3n) is 4.65. The molecule has 0 spiro atoms. The molecule has 1 saturated heterocycles. The van der Waals surface area contributed by atoms with Crippen LogP contribution in [-0.4, -0.2) is 32.0 Å². The molecule has 6 heteroatoms. The van der Waals surface area contributed by atoms with E-state index in [0.29, 0.717) is 12.5 Å². The van der Waals surface area contributed by atoms with Crippen LogP contribution in [0.15, 0.2) is 82.1 Å². The van der Waals surface area contributed by atoms with Gasteiger partial charge < -0.3 is 9.64 Å². The summed E-state index contributed by atoms with van der Waals surface area (Å²) in [4.78, 5) is 2.09. The van der Waals surface area contributed by atoms with E-state index >= 15 is 0 Å². The Morgan fingerprint density at radius 2 is 1.73 bits per heavy atom. The number of sulfonamides is 1. The normalized spacial score (nSPS) is 23.7. The van der Waals surface area contributed by atoms with E-state index in [-0.39, 0.29) is 17.0 Å². The standard InChI is InChI=1S/C20H20N2O3S/c23-26(24,18-11-5-2-6-12-18)21-20-22(14-16-8-3-1-4-9-16)15-17-10-7-13-19(17)25-20/h1-9,11-13,17,19H,10,14-15H2/b21-20-/t17-,19-/m0/s1. The highest BCUT2D eigenvalue weighted by Gasteiger charge is 2.36. The van der Waals surface area contributed by atoms with Crippen molar-refractivity contribution in [2.75, 3.05) is 6.54 Å². The zero-order valence-electron chi connectivity index (χ0n) is 14.2. The van der Waals surface area contributed by atoms with Crippen molar-refractivity contribution in [3.05, 3.63) is 78.4 Å². The first-order valence-corrected chi connectivity index (χ1v) is 10.1. The molecule has 26 heavy (non-hydrogen) atoms. The van der Waals surface area contributed by atoms with Gasteiger partial charge in [-0.3, -0.25) is 0 Å². The lowest BCUT2D eigenvalue weighted by atomic mass is 10.0. The van der Waals surface area contributed by atoms with E-state index in [1.165, 1.54) is 0 Å². The molecule has 0 radical (unpaired) electrons. The number of nitrogens with zero attached hydrogens (tertiary/aromatic N) is 2. The second kappa shape index (κ2) is 6.96. The summed E-state index contributed by atoms with van der Waals surface area (Å²) in [6.45, 7) is 1.28. The average molecular weight is 368 g/mol. The molecule has 2 aromatic carbocycles. The van der Waals surface area contributed by atoms with Gasteiger partial charge in [-0.1, -0.05) is 54.6 Å². The van der Waals surface area contributed by atoms with E-state index in [1.54, 1.807) is 30.3 Å². The maximum Gasteiger partial charge on any atom is 0.304 e. The fourth-order valence-corrected chi connectivity index (χ4v) is 4.28. The van der Waals surface area contributed by atoms with Crippen LogP contribution in [0.25, 0.3) is 0 Å². The zero-order valence-corrected chi connectivity index (χ0v) is 15.0. The number of hydrogen-bond donors (Lipinski definition) is 0. The van der Waals surface area contributed by atoms with Crippen molar-refractivity contribution in [2.45, 2.75) is 24.0 Å². The van der Waals surface area contributed by atoms with E-state index in [4.69, 9.17) is 4.74 Å². The molecular weight excluding hydrogens is 348 g/mol. The molecule has 4 rings (SSSR count). The minimum Gasteiger partial charge on any atom is -0.456 e. The van der Waals surface area contributed by atoms with E-state index in [1.807, 2.05) is 41.3 Å². The van der Waals surface area contributed by atoms with Crippen LogP contribution in [0, 0.1) is 5.92 Å². The van der Waals surface area contributed by atoms with Crippen molar-refractivity contribution >= 4 is 16.0 Å². The van der Waals surface area contributed by atoms with Gasteiger partial charge in [-0.15, -0.1) is 4.40 Å². The third kappa shape index (κ3) is 3.51. The van der Waals surface area contributed by atoms with Crippen molar-refractivity contribution in [1.82, 2.24) is 4.90 Å². The lowest BCUT2D eigenvalue weighted by Gasteiger charge is -2.37. The Hall–Kier alpha value is -2.60. The molecule has 2 aliphatic rings. The fourth-order valence-electron chi connectivity index (χ4n) is 3.31. The number of benzene rings is 2. The van der Waals surface area contributed by atoms with Crippen molar-refractivity contribution in [3.63, 3.8) is 0 Å². The fraction of sp³-hybridized carbons (Fsp3) is 0.250. The van der Waals surface area contributed by atoms with Gasteiger partial charge in [0.05, 0.1) is 4.90 Å². The van der Waals surface area contributed by atoms with Gasteiger partial charge in [-0.2, -0.15) is 8.42 Å². The highest BCUT2D eigenvalue weighted by molar-refractivity contribution is 7.90. The molecule has 134 valence electrons. The van der Waals surface area contributed by atoms with Crippen molar-refractivity contribution in [2.24, 2.45) is 10.3 Å². The number of ether oxygens (including phenoxy) is 1. The Kier molecular flexibility index (Phi) is 4.51. The molecule has 1 fully saturated rings. The smallest absolute Gasteiger partial charge is 0.304 e. The van der Waals surface area contributed by atoms with E-state index in [9.17, 15) is 8.42 Å². The average Bonchev–Trinajstić information content (AvgIpc) is 3.10. The summed E-state index contributed by atoms with van der Waals surface area (Å²) in [5, 5.41) is 0. The molecule has 0 amide bonds. The van der Waals surface area contributed by atoms with Crippen molar-refractivity contribution in [3.8, 4) is 0 Å². The summed E-state index contributed by atoms with van der Waals surface area (Å²) in [5.41, 5.74) is 1.09. The van der Waals surface area contributed by atoms with Crippen LogP contribution < -0.4 is 0 Å². The molecule has 2 aromatic rings. The highest BCUT2D eigenvalue weighted by Crippen LogP contribution is 2.29. The monoisotopic (exact) mass is 368 g/mol. The molecule has 1 aliphatic heterocycles. The Bertz CT molecular complexity index is 924. The van der Waals surface area contributed by atoms with Gasteiger partial charge in [-0.25, -0.2) is 0 Å². The van der Waals surface area contributed by atoms with Gasteiger partial charge in [0.1, 0.15) is 6.10 Å². The lowest BCUT2D eigenvalue weighted by molar-refractivity contribution is 0.0772. The third-order valence-corrected chi connectivity index (χ3v) is 5.92. The maximum atomic E-state index is 12.7. The van der Waals surface area contributed by atoms with Gasteiger partial charge >= 0.3 is 6.02 Å². The second-order valence-corrected chi connectivity index (χ2v) is 8.14. The van der Waals surface area contributed by atoms with E-state index in [0.717, 1.165) is 18.5 Å². The first-order valence-electron chi connectivity index (χ1n) is 8.64. The van der Waals surface area contributed by atoms with Gasteiger partial charge in [0, 0.05) is 19.0 Å². The minimum atomic E-state index is -3.82. The summed E-state index contributed by atoms with van der Waals surface area (Å²) < 4.78 is 35.4. The number of rotatable bonds is 4. The van der Waals surface area contributed by atoms with Crippen LogP contribution in [0.3, 0.4) is 0 Å². The quantitative estimate of drug-likeness (QED) is 0.778. The van der Waals surface area contributed by atoms with Gasteiger partial charge in [0.25, 0.3) is 10.0 Å². The Labute approximate surface area is 153 Å². The van der Waals surface area contributed by atoms with Crippen molar-refractivity contribution in [1.29, 1.82) is 0 Å². The Morgan fingerprint density at radius 1 is 1.04 bits per heavy atom. The summed E-state index contributed by atoms with van der Waals surface area (Å²) >= 11 is 0. The van der Waals surface area contributed by atoms with Crippen LogP contribution >= 0.6 is 0 Å². The van der Waals surface area contributed by atoms with Crippen LogP contribution in [0.2, 0.25) is 0 Å². The van der Waals surface area contributed by atoms with Gasteiger partial charge in [0.2, 0.25) is 0 Å². The molecule has 0 unspecified atom stereocenters. The predicted octanol–water partition coefficient (Wildman–Crippen LogP) is 3.21. The topological polar surface area (TPSA) is 59.0 Å². The Balaban J connectivity index is 1.66. The molecule has 0 saturated carbocycles. The van der Waals surface area contributed by atoms with Crippen LogP contribution in [0.1, 0.15) is 12.0 Å². The molecule has 2 atom stereocenters. The molecular formula is C20H20N2O3S. The number of amidine groups is 1. The Morgan fingerprint density at radius 3 is 2.46 bits per heavy atom. The summed E-state index contributed by atoms with van der Waals surface area (Å²) in [6.07, 6.45) is 4.92. The van der Waals surface area contributed by atoms with Gasteiger partial charge in [0.15, 0.2) is 0 Å². The highest BCUT2D eigenvalue weighted by atomic mass is 32.2. The predicted molar refractivity (Wildman–Crippen MR) is 100 cm³/mol. The zero-order chi connectivity index (χ0) is 18.0. The number of allylic oxidation sites excluding steroid dienone is 1. The summed E-state index contributed by atoms with van der Waals surface area (Å²) in [7, 11) is -3.82.